The van der Waals surface area contributed by atoms with Crippen LogP contribution in [0, 0.1) is 0 Å². The number of carbonyl (C=O) groups excluding carboxylic acids is 1. The summed E-state index contributed by atoms with van der Waals surface area (Å²) in [6, 6.07) is 7.14. The maximum absolute atomic E-state index is 12.3. The number of benzene rings is 1. The minimum Gasteiger partial charge on any atom is -0.395 e. The summed E-state index contributed by atoms with van der Waals surface area (Å²) >= 11 is 5.86. The fourth-order valence-electron chi connectivity index (χ4n) is 2.61. The van der Waals surface area contributed by atoms with Crippen molar-refractivity contribution in [3.63, 3.8) is 0 Å². The van der Waals surface area contributed by atoms with Gasteiger partial charge in [0.15, 0.2) is 0 Å². The second-order valence-corrected chi connectivity index (χ2v) is 6.03. The zero-order valence-electron chi connectivity index (χ0n) is 13.2. The van der Waals surface area contributed by atoms with Gasteiger partial charge in [-0.25, -0.2) is 0 Å². The largest absolute Gasteiger partial charge is 0.395 e. The van der Waals surface area contributed by atoms with Crippen molar-refractivity contribution in [2.75, 3.05) is 39.3 Å². The highest BCUT2D eigenvalue weighted by Gasteiger charge is 2.21. The topological polar surface area (TPSA) is 87.4 Å². The van der Waals surface area contributed by atoms with E-state index in [4.69, 9.17) is 16.7 Å². The van der Waals surface area contributed by atoms with Gasteiger partial charge in [-0.1, -0.05) is 11.6 Å². The van der Waals surface area contributed by atoms with Gasteiger partial charge in [-0.2, -0.15) is 4.80 Å². The number of rotatable bonds is 5. The van der Waals surface area contributed by atoms with Crippen LogP contribution in [0.15, 0.2) is 24.3 Å². The van der Waals surface area contributed by atoms with Crippen molar-refractivity contribution in [1.29, 1.82) is 0 Å². The first-order valence-electron chi connectivity index (χ1n) is 7.80. The van der Waals surface area contributed by atoms with Gasteiger partial charge in [0, 0.05) is 43.3 Å². The molecule has 1 fully saturated rings. The van der Waals surface area contributed by atoms with Crippen LogP contribution in [0.25, 0.3) is 11.4 Å². The lowest BCUT2D eigenvalue weighted by molar-refractivity contribution is -0.134. The summed E-state index contributed by atoms with van der Waals surface area (Å²) in [6.45, 7) is 3.71. The number of halogens is 1. The van der Waals surface area contributed by atoms with E-state index in [1.54, 1.807) is 17.0 Å². The van der Waals surface area contributed by atoms with E-state index in [2.05, 4.69) is 20.3 Å². The number of carbonyl (C=O) groups is 1. The molecule has 0 unspecified atom stereocenters. The molecule has 0 bridgehead atoms. The number of β-amino-alcohol motifs (C(OH)–C–C–N with tert-alkyl or cyclic N) is 1. The SMILES string of the molecule is O=C(Cn1nnc(-c2ccc(Cl)cc2)n1)N1CCN(CCO)CC1. The van der Waals surface area contributed by atoms with Gasteiger partial charge in [0.1, 0.15) is 6.54 Å². The summed E-state index contributed by atoms with van der Waals surface area (Å²) in [5.41, 5.74) is 0.802. The van der Waals surface area contributed by atoms with Gasteiger partial charge in [-0.3, -0.25) is 9.69 Å². The van der Waals surface area contributed by atoms with Crippen LogP contribution in [0.1, 0.15) is 0 Å². The van der Waals surface area contributed by atoms with Crippen LogP contribution in [-0.2, 0) is 11.3 Å². The number of hydrogen-bond acceptors (Lipinski definition) is 6. The lowest BCUT2D eigenvalue weighted by Crippen LogP contribution is -2.50. The third kappa shape index (κ3) is 4.08. The quantitative estimate of drug-likeness (QED) is 0.824. The van der Waals surface area contributed by atoms with Gasteiger partial charge in [-0.05, 0) is 29.5 Å². The Kier molecular flexibility index (Phi) is 5.39. The van der Waals surface area contributed by atoms with E-state index in [0.29, 0.717) is 30.5 Å². The molecule has 0 spiro atoms. The number of aromatic nitrogens is 4. The summed E-state index contributed by atoms with van der Waals surface area (Å²) in [5, 5.41) is 21.8. The zero-order valence-corrected chi connectivity index (χ0v) is 13.9. The van der Waals surface area contributed by atoms with E-state index in [1.807, 2.05) is 12.1 Å². The minimum absolute atomic E-state index is 0.0290. The number of aliphatic hydroxyl groups is 1. The fraction of sp³-hybridized carbons (Fsp3) is 0.467. The van der Waals surface area contributed by atoms with Crippen LogP contribution >= 0.6 is 11.6 Å². The van der Waals surface area contributed by atoms with Gasteiger partial charge in [-0.15, -0.1) is 10.2 Å². The van der Waals surface area contributed by atoms with Gasteiger partial charge in [0.2, 0.25) is 11.7 Å². The maximum atomic E-state index is 12.3. The Hall–Kier alpha value is -2.03. The smallest absolute Gasteiger partial charge is 0.246 e. The van der Waals surface area contributed by atoms with Gasteiger partial charge >= 0.3 is 0 Å². The number of amides is 1. The first kappa shape index (κ1) is 16.8. The highest BCUT2D eigenvalue weighted by molar-refractivity contribution is 6.30. The minimum atomic E-state index is -0.0290. The molecule has 8 nitrogen and oxygen atoms in total. The first-order chi connectivity index (χ1) is 11.7. The summed E-state index contributed by atoms with van der Waals surface area (Å²) in [5.74, 6) is 0.436. The Labute approximate surface area is 144 Å². The number of aliphatic hydroxyl groups excluding tert-OH is 1. The number of nitrogens with zero attached hydrogens (tertiary/aromatic N) is 6. The molecule has 1 amide bonds. The summed E-state index contributed by atoms with van der Waals surface area (Å²) in [6.07, 6.45) is 0. The molecular weight excluding hydrogens is 332 g/mol. The zero-order chi connectivity index (χ0) is 16.9. The third-order valence-electron chi connectivity index (χ3n) is 3.97. The van der Waals surface area contributed by atoms with Crippen LogP contribution in [0.2, 0.25) is 5.02 Å². The van der Waals surface area contributed by atoms with Crippen molar-refractivity contribution < 1.29 is 9.90 Å². The average Bonchev–Trinajstić information content (AvgIpc) is 3.05. The summed E-state index contributed by atoms with van der Waals surface area (Å²) in [4.78, 5) is 17.6. The number of tetrazole rings is 1. The van der Waals surface area contributed by atoms with Crippen molar-refractivity contribution in [1.82, 2.24) is 30.0 Å². The lowest BCUT2D eigenvalue weighted by atomic mass is 10.2. The van der Waals surface area contributed by atoms with Crippen LogP contribution in [-0.4, -0.2) is 80.4 Å². The second-order valence-electron chi connectivity index (χ2n) is 5.60. The van der Waals surface area contributed by atoms with E-state index in [0.717, 1.165) is 18.7 Å². The molecule has 0 radical (unpaired) electrons. The second kappa shape index (κ2) is 7.69. The number of hydrogen-bond donors (Lipinski definition) is 1. The standard InChI is InChI=1S/C15H19ClN6O2/c16-13-3-1-12(2-4-13)15-17-19-22(18-15)11-14(24)21-7-5-20(6-8-21)9-10-23/h1-4,23H,5-11H2. The first-order valence-corrected chi connectivity index (χ1v) is 8.18. The third-order valence-corrected chi connectivity index (χ3v) is 4.23. The van der Waals surface area contributed by atoms with E-state index in [-0.39, 0.29) is 19.1 Å². The molecular formula is C15H19ClN6O2. The van der Waals surface area contributed by atoms with E-state index in [1.165, 1.54) is 4.80 Å². The molecule has 2 heterocycles. The molecule has 0 atom stereocenters. The molecule has 0 aliphatic carbocycles. The van der Waals surface area contributed by atoms with E-state index < -0.39 is 0 Å². The van der Waals surface area contributed by atoms with Crippen LogP contribution in [0.3, 0.4) is 0 Å². The highest BCUT2D eigenvalue weighted by Crippen LogP contribution is 2.17. The van der Waals surface area contributed by atoms with Gasteiger partial charge < -0.3 is 10.0 Å². The van der Waals surface area contributed by atoms with Crippen LogP contribution in [0.4, 0.5) is 0 Å². The predicted octanol–water partition coefficient (Wildman–Crippen LogP) is 0.130. The molecule has 1 aliphatic rings. The average molecular weight is 351 g/mol. The number of piperazine rings is 1. The monoisotopic (exact) mass is 350 g/mol. The Morgan fingerprint density at radius 3 is 2.54 bits per heavy atom. The normalized spacial score (nSPS) is 15.7. The van der Waals surface area contributed by atoms with Crippen molar-refractivity contribution >= 4 is 17.5 Å². The Bertz CT molecular complexity index is 682. The van der Waals surface area contributed by atoms with Crippen molar-refractivity contribution in [2.24, 2.45) is 0 Å². The Morgan fingerprint density at radius 2 is 1.88 bits per heavy atom. The molecule has 3 rings (SSSR count). The van der Waals surface area contributed by atoms with Crippen LogP contribution in [0.5, 0.6) is 0 Å². The van der Waals surface area contributed by atoms with Gasteiger partial charge in [0.05, 0.1) is 6.61 Å². The van der Waals surface area contributed by atoms with Crippen molar-refractivity contribution in [3.05, 3.63) is 29.3 Å². The molecule has 1 saturated heterocycles. The van der Waals surface area contributed by atoms with E-state index in [9.17, 15) is 4.79 Å². The molecule has 128 valence electrons. The highest BCUT2D eigenvalue weighted by atomic mass is 35.5. The van der Waals surface area contributed by atoms with E-state index >= 15 is 0 Å². The molecule has 1 aromatic carbocycles. The Morgan fingerprint density at radius 1 is 1.17 bits per heavy atom. The molecule has 9 heteroatoms. The lowest BCUT2D eigenvalue weighted by Gasteiger charge is -2.34. The molecule has 2 aromatic rings. The fourth-order valence-corrected chi connectivity index (χ4v) is 2.73. The summed E-state index contributed by atoms with van der Waals surface area (Å²) < 4.78 is 0. The predicted molar refractivity (Wildman–Crippen MR) is 88.4 cm³/mol. The molecule has 1 N–H and O–H groups in total. The molecule has 1 aromatic heterocycles. The van der Waals surface area contributed by atoms with Crippen molar-refractivity contribution in [3.8, 4) is 11.4 Å². The molecule has 1 aliphatic heterocycles. The Balaban J connectivity index is 1.57. The van der Waals surface area contributed by atoms with Gasteiger partial charge in [0.25, 0.3) is 0 Å². The summed E-state index contributed by atoms with van der Waals surface area (Å²) in [7, 11) is 0. The van der Waals surface area contributed by atoms with Crippen LogP contribution < -0.4 is 0 Å². The molecule has 24 heavy (non-hydrogen) atoms. The van der Waals surface area contributed by atoms with Crippen molar-refractivity contribution in [2.45, 2.75) is 6.54 Å². The molecule has 0 saturated carbocycles. The maximum Gasteiger partial charge on any atom is 0.246 e.